The molecule has 0 amide bonds. The summed E-state index contributed by atoms with van der Waals surface area (Å²) in [6, 6.07) is 5.86. The molecule has 0 aliphatic heterocycles. The Morgan fingerprint density at radius 3 is 2.90 bits per heavy atom. The topological polar surface area (TPSA) is 67.1 Å². The van der Waals surface area contributed by atoms with E-state index in [9.17, 15) is 0 Å². The molecule has 6 nitrogen and oxygen atoms in total. The van der Waals surface area contributed by atoms with E-state index in [-0.39, 0.29) is 0 Å². The average molecular weight is 286 g/mol. The maximum Gasteiger partial charge on any atom is 0.191 e. The minimum atomic E-state index is 0.572. The number of hydrogen-bond acceptors (Lipinski definition) is 3. The van der Waals surface area contributed by atoms with Crippen molar-refractivity contribution < 1.29 is 0 Å². The van der Waals surface area contributed by atoms with Crippen LogP contribution in [0, 0.1) is 0 Å². The van der Waals surface area contributed by atoms with Crippen molar-refractivity contribution in [3.8, 4) is 0 Å². The van der Waals surface area contributed by atoms with Gasteiger partial charge in [0.15, 0.2) is 5.96 Å². The summed E-state index contributed by atoms with van der Waals surface area (Å²) in [6.07, 6.45) is 6.62. The van der Waals surface area contributed by atoms with Crippen LogP contribution in [0.5, 0.6) is 0 Å². The monoisotopic (exact) mass is 286 g/mol. The normalized spacial score (nSPS) is 11.4. The summed E-state index contributed by atoms with van der Waals surface area (Å²) in [7, 11) is 1.93. The van der Waals surface area contributed by atoms with Crippen LogP contribution in [0.4, 0.5) is 0 Å². The third-order valence-electron chi connectivity index (χ3n) is 2.93. The number of nitrogens with zero attached hydrogens (tertiary/aromatic N) is 4. The Balaban J connectivity index is 1.83. The molecule has 2 rings (SSSR count). The highest BCUT2D eigenvalue weighted by Crippen LogP contribution is 1.97. The molecule has 0 saturated heterocycles. The molecule has 2 heterocycles. The second kappa shape index (κ2) is 8.04. The van der Waals surface area contributed by atoms with Crippen molar-refractivity contribution in [1.82, 2.24) is 25.4 Å². The van der Waals surface area contributed by atoms with Gasteiger partial charge in [-0.2, -0.15) is 5.10 Å². The maximum absolute atomic E-state index is 4.53. The van der Waals surface area contributed by atoms with E-state index in [1.165, 1.54) is 5.56 Å². The van der Waals surface area contributed by atoms with Gasteiger partial charge in [-0.25, -0.2) is 4.99 Å². The Morgan fingerprint density at radius 1 is 1.33 bits per heavy atom. The molecule has 0 bridgehead atoms. The van der Waals surface area contributed by atoms with Gasteiger partial charge in [0.1, 0.15) is 0 Å². The molecule has 0 aliphatic carbocycles. The van der Waals surface area contributed by atoms with Crippen molar-refractivity contribution >= 4 is 5.96 Å². The van der Waals surface area contributed by atoms with Gasteiger partial charge in [0.25, 0.3) is 0 Å². The first-order valence-electron chi connectivity index (χ1n) is 7.17. The quantitative estimate of drug-likeness (QED) is 0.617. The van der Waals surface area contributed by atoms with Crippen LogP contribution >= 0.6 is 0 Å². The van der Waals surface area contributed by atoms with E-state index >= 15 is 0 Å². The fraction of sp³-hybridized carbons (Fsp3) is 0.400. The lowest BCUT2D eigenvalue weighted by atomic mass is 10.2. The molecule has 112 valence electrons. The van der Waals surface area contributed by atoms with Crippen LogP contribution in [0.2, 0.25) is 0 Å². The summed E-state index contributed by atoms with van der Waals surface area (Å²) in [6.45, 7) is 4.28. The van der Waals surface area contributed by atoms with E-state index in [1.54, 1.807) is 6.20 Å². The van der Waals surface area contributed by atoms with Gasteiger partial charge in [-0.15, -0.1) is 0 Å². The Bertz CT molecular complexity index is 561. The lowest BCUT2D eigenvalue weighted by Crippen LogP contribution is -2.38. The molecule has 6 heteroatoms. The number of guanidine groups is 1. The van der Waals surface area contributed by atoms with Gasteiger partial charge in [-0.1, -0.05) is 6.07 Å². The van der Waals surface area contributed by atoms with E-state index in [4.69, 9.17) is 0 Å². The lowest BCUT2D eigenvalue weighted by molar-refractivity contribution is 0.764. The van der Waals surface area contributed by atoms with Crippen molar-refractivity contribution in [2.75, 3.05) is 13.1 Å². The van der Waals surface area contributed by atoms with E-state index in [0.717, 1.165) is 31.2 Å². The van der Waals surface area contributed by atoms with E-state index in [2.05, 4.69) is 32.6 Å². The lowest BCUT2D eigenvalue weighted by Gasteiger charge is -2.10. The summed E-state index contributed by atoms with van der Waals surface area (Å²) in [4.78, 5) is 8.80. The second-order valence-corrected chi connectivity index (χ2v) is 4.72. The highest BCUT2D eigenvalue weighted by Gasteiger charge is 2.00. The summed E-state index contributed by atoms with van der Waals surface area (Å²) < 4.78 is 1.82. The number of aliphatic imine (C=N–C) groups is 1. The fourth-order valence-electron chi connectivity index (χ4n) is 1.92. The van der Waals surface area contributed by atoms with Gasteiger partial charge in [0.2, 0.25) is 0 Å². The Kier molecular flexibility index (Phi) is 5.75. The molecule has 0 aromatic carbocycles. The van der Waals surface area contributed by atoms with Crippen LogP contribution in [-0.4, -0.2) is 33.8 Å². The average Bonchev–Trinajstić information content (AvgIpc) is 2.91. The van der Waals surface area contributed by atoms with Crippen LogP contribution in [-0.2, 0) is 20.0 Å². The van der Waals surface area contributed by atoms with Crippen molar-refractivity contribution in [2.45, 2.75) is 19.9 Å². The van der Waals surface area contributed by atoms with E-state index < -0.39 is 0 Å². The van der Waals surface area contributed by atoms with Gasteiger partial charge >= 0.3 is 0 Å². The van der Waals surface area contributed by atoms with Crippen molar-refractivity contribution in [3.63, 3.8) is 0 Å². The first kappa shape index (κ1) is 15.0. The van der Waals surface area contributed by atoms with Crippen molar-refractivity contribution in [1.29, 1.82) is 0 Å². The Hall–Kier alpha value is -2.37. The largest absolute Gasteiger partial charge is 0.357 e. The van der Waals surface area contributed by atoms with E-state index in [0.29, 0.717) is 6.54 Å². The number of aryl methyl sites for hydroxylation is 1. The standard InChI is InChI=1S/C15H22N6/c1-3-16-15(19-11-14-6-4-5-8-17-14)18-9-7-13-10-20-21(2)12-13/h4-6,8,10,12H,3,7,9,11H2,1-2H3,(H2,16,18,19). The molecule has 2 aromatic rings. The van der Waals surface area contributed by atoms with Gasteiger partial charge in [0.05, 0.1) is 18.4 Å². The minimum absolute atomic E-state index is 0.572. The minimum Gasteiger partial charge on any atom is -0.357 e. The molecule has 0 saturated carbocycles. The molecule has 0 spiro atoms. The molecule has 0 radical (unpaired) electrons. The highest BCUT2D eigenvalue weighted by molar-refractivity contribution is 5.79. The van der Waals surface area contributed by atoms with Crippen molar-refractivity contribution in [2.24, 2.45) is 12.0 Å². The Labute approximate surface area is 125 Å². The molecule has 2 N–H and O–H groups in total. The summed E-state index contributed by atoms with van der Waals surface area (Å²) in [5, 5.41) is 10.7. The summed E-state index contributed by atoms with van der Waals surface area (Å²) in [5.74, 6) is 0.812. The molecule has 0 aliphatic rings. The summed E-state index contributed by atoms with van der Waals surface area (Å²) in [5.41, 5.74) is 2.17. The first-order chi connectivity index (χ1) is 10.3. The van der Waals surface area contributed by atoms with E-state index in [1.807, 2.05) is 42.3 Å². The van der Waals surface area contributed by atoms with Crippen LogP contribution in [0.1, 0.15) is 18.2 Å². The highest BCUT2D eigenvalue weighted by atomic mass is 15.2. The van der Waals surface area contributed by atoms with Gasteiger partial charge in [0, 0.05) is 32.5 Å². The first-order valence-corrected chi connectivity index (χ1v) is 7.17. The third kappa shape index (κ3) is 5.25. The zero-order valence-corrected chi connectivity index (χ0v) is 12.6. The second-order valence-electron chi connectivity index (χ2n) is 4.72. The zero-order chi connectivity index (χ0) is 14.9. The molecule has 0 unspecified atom stereocenters. The van der Waals surface area contributed by atoms with Crippen LogP contribution in [0.3, 0.4) is 0 Å². The van der Waals surface area contributed by atoms with Gasteiger partial charge in [-0.05, 0) is 31.0 Å². The maximum atomic E-state index is 4.53. The SMILES string of the molecule is CCNC(=NCc1ccccn1)NCCc1cnn(C)c1. The van der Waals surface area contributed by atoms with Gasteiger partial charge < -0.3 is 10.6 Å². The Morgan fingerprint density at radius 2 is 2.24 bits per heavy atom. The van der Waals surface area contributed by atoms with Gasteiger partial charge in [-0.3, -0.25) is 9.67 Å². The van der Waals surface area contributed by atoms with Crippen LogP contribution in [0.25, 0.3) is 0 Å². The molecule has 0 fully saturated rings. The third-order valence-corrected chi connectivity index (χ3v) is 2.93. The molecule has 21 heavy (non-hydrogen) atoms. The predicted molar refractivity (Wildman–Crippen MR) is 84.0 cm³/mol. The smallest absolute Gasteiger partial charge is 0.191 e. The van der Waals surface area contributed by atoms with Crippen LogP contribution in [0.15, 0.2) is 41.8 Å². The summed E-state index contributed by atoms with van der Waals surface area (Å²) >= 11 is 0. The van der Waals surface area contributed by atoms with Crippen molar-refractivity contribution in [3.05, 3.63) is 48.0 Å². The fourth-order valence-corrected chi connectivity index (χ4v) is 1.92. The number of rotatable bonds is 6. The van der Waals surface area contributed by atoms with Crippen LogP contribution < -0.4 is 10.6 Å². The zero-order valence-electron chi connectivity index (χ0n) is 12.6. The number of pyridine rings is 1. The molecule has 2 aromatic heterocycles. The molecular weight excluding hydrogens is 264 g/mol. The molecule has 0 atom stereocenters. The predicted octanol–water partition coefficient (Wildman–Crippen LogP) is 1.11. The number of nitrogens with one attached hydrogen (secondary N) is 2. The molecular formula is C15H22N6. The number of hydrogen-bond donors (Lipinski definition) is 2. The number of aromatic nitrogens is 3.